The molecule has 2 heterocycles. The molecule has 2 aromatic rings. The van der Waals surface area contributed by atoms with E-state index in [0.717, 1.165) is 13.0 Å². The average molecular weight is 318 g/mol. The lowest BCUT2D eigenvalue weighted by molar-refractivity contribution is 0.0519. The van der Waals surface area contributed by atoms with Crippen LogP contribution in [0.3, 0.4) is 0 Å². The van der Waals surface area contributed by atoms with Crippen LogP contribution in [-0.4, -0.2) is 39.6 Å². The number of nitrogens with zero attached hydrogens (tertiary/aromatic N) is 2. The Hall–Kier alpha value is -2.57. The molecule has 7 nitrogen and oxygen atoms in total. The third kappa shape index (κ3) is 4.00. The van der Waals surface area contributed by atoms with Crippen molar-refractivity contribution >= 4 is 11.9 Å². The topological polar surface area (TPSA) is 89.0 Å². The van der Waals surface area contributed by atoms with Gasteiger partial charge in [0.15, 0.2) is 0 Å². The van der Waals surface area contributed by atoms with E-state index >= 15 is 0 Å². The predicted molar refractivity (Wildman–Crippen MR) is 85.4 cm³/mol. The Kier molecular flexibility index (Phi) is 5.56. The molecule has 0 fully saturated rings. The zero-order valence-electron chi connectivity index (χ0n) is 13.7. The number of ether oxygens (including phenoxy) is 1. The van der Waals surface area contributed by atoms with Gasteiger partial charge in [-0.25, -0.2) is 9.78 Å². The molecule has 1 amide bonds. The third-order valence-corrected chi connectivity index (χ3v) is 3.58. The number of amides is 1. The molecule has 0 saturated heterocycles. The van der Waals surface area contributed by atoms with Crippen LogP contribution in [0.4, 0.5) is 0 Å². The molecule has 0 aliphatic heterocycles. The molecule has 2 rings (SSSR count). The summed E-state index contributed by atoms with van der Waals surface area (Å²) in [6.45, 7) is 6.91. The number of aromatic amines is 1. The zero-order valence-corrected chi connectivity index (χ0v) is 13.7. The number of aryl methyl sites for hydroxylation is 2. The van der Waals surface area contributed by atoms with Crippen molar-refractivity contribution in [2.24, 2.45) is 0 Å². The summed E-state index contributed by atoms with van der Waals surface area (Å²) < 4.78 is 6.94. The number of aromatic nitrogens is 3. The second-order valence-electron chi connectivity index (χ2n) is 5.26. The largest absolute Gasteiger partial charge is 0.461 e. The highest BCUT2D eigenvalue weighted by atomic mass is 16.5. The van der Waals surface area contributed by atoms with Gasteiger partial charge >= 0.3 is 5.97 Å². The van der Waals surface area contributed by atoms with Crippen molar-refractivity contribution < 1.29 is 14.3 Å². The van der Waals surface area contributed by atoms with Gasteiger partial charge in [-0.3, -0.25) is 4.79 Å². The van der Waals surface area contributed by atoms with Gasteiger partial charge in [-0.2, -0.15) is 0 Å². The minimum absolute atomic E-state index is 0.183. The SMILES string of the molecule is CCOC(=O)c1[nH]c(C)c(C(=O)NCCCn2ccnc2)c1C. The summed E-state index contributed by atoms with van der Waals surface area (Å²) >= 11 is 0. The summed E-state index contributed by atoms with van der Waals surface area (Å²) in [4.78, 5) is 31.1. The average Bonchev–Trinajstić information content (AvgIpc) is 3.12. The second-order valence-corrected chi connectivity index (χ2v) is 5.26. The van der Waals surface area contributed by atoms with Crippen LogP contribution in [0, 0.1) is 13.8 Å². The number of esters is 1. The van der Waals surface area contributed by atoms with E-state index in [-0.39, 0.29) is 5.91 Å². The first-order valence-electron chi connectivity index (χ1n) is 7.64. The van der Waals surface area contributed by atoms with Crippen molar-refractivity contribution in [3.8, 4) is 0 Å². The summed E-state index contributed by atoms with van der Waals surface area (Å²) in [7, 11) is 0. The van der Waals surface area contributed by atoms with Crippen molar-refractivity contribution in [2.45, 2.75) is 33.7 Å². The summed E-state index contributed by atoms with van der Waals surface area (Å²) in [5.41, 5.74) is 2.13. The maximum Gasteiger partial charge on any atom is 0.355 e. The Labute approximate surface area is 135 Å². The summed E-state index contributed by atoms with van der Waals surface area (Å²) in [6.07, 6.45) is 6.15. The molecule has 0 unspecified atom stereocenters. The molecule has 23 heavy (non-hydrogen) atoms. The first kappa shape index (κ1) is 16.8. The third-order valence-electron chi connectivity index (χ3n) is 3.58. The first-order valence-corrected chi connectivity index (χ1v) is 7.64. The first-order chi connectivity index (χ1) is 11.0. The highest BCUT2D eigenvalue weighted by Gasteiger charge is 2.22. The van der Waals surface area contributed by atoms with Crippen LogP contribution in [0.1, 0.15) is 45.4 Å². The fourth-order valence-electron chi connectivity index (χ4n) is 2.47. The van der Waals surface area contributed by atoms with Crippen molar-refractivity contribution in [3.05, 3.63) is 41.2 Å². The van der Waals surface area contributed by atoms with Crippen LogP contribution in [-0.2, 0) is 11.3 Å². The second kappa shape index (κ2) is 7.62. The number of imidazole rings is 1. The molecular formula is C16H22N4O3. The van der Waals surface area contributed by atoms with E-state index < -0.39 is 5.97 Å². The quantitative estimate of drug-likeness (QED) is 0.602. The molecular weight excluding hydrogens is 296 g/mol. The van der Waals surface area contributed by atoms with Gasteiger partial charge in [-0.1, -0.05) is 0 Å². The van der Waals surface area contributed by atoms with Crippen molar-refractivity contribution in [1.82, 2.24) is 19.9 Å². The monoisotopic (exact) mass is 318 g/mol. The Morgan fingerprint density at radius 1 is 1.39 bits per heavy atom. The van der Waals surface area contributed by atoms with Crippen LogP contribution in [0.5, 0.6) is 0 Å². The fourth-order valence-corrected chi connectivity index (χ4v) is 2.47. The number of nitrogens with one attached hydrogen (secondary N) is 2. The molecule has 0 spiro atoms. The van der Waals surface area contributed by atoms with E-state index in [1.54, 1.807) is 33.3 Å². The highest BCUT2D eigenvalue weighted by Crippen LogP contribution is 2.18. The number of H-pyrrole nitrogens is 1. The van der Waals surface area contributed by atoms with Crippen molar-refractivity contribution in [1.29, 1.82) is 0 Å². The number of hydrogen-bond acceptors (Lipinski definition) is 4. The molecule has 0 atom stereocenters. The molecule has 0 saturated carbocycles. The Morgan fingerprint density at radius 2 is 2.17 bits per heavy atom. The Bertz CT molecular complexity index is 674. The van der Waals surface area contributed by atoms with Crippen LogP contribution in [0.15, 0.2) is 18.7 Å². The van der Waals surface area contributed by atoms with Gasteiger partial charge < -0.3 is 19.6 Å². The van der Waals surface area contributed by atoms with Crippen LogP contribution < -0.4 is 5.32 Å². The lowest BCUT2D eigenvalue weighted by Crippen LogP contribution is -2.26. The standard InChI is InChI=1S/C16H22N4O3/c1-4-23-16(22)14-11(2)13(12(3)19-14)15(21)18-6-5-8-20-9-7-17-10-20/h7,9-10,19H,4-6,8H2,1-3H3,(H,18,21). The van der Waals surface area contributed by atoms with Gasteiger partial charge in [0.1, 0.15) is 5.69 Å². The van der Waals surface area contributed by atoms with Gasteiger partial charge in [0.05, 0.1) is 18.5 Å². The van der Waals surface area contributed by atoms with E-state index in [0.29, 0.717) is 35.7 Å². The maximum atomic E-state index is 12.3. The number of carbonyl (C=O) groups excluding carboxylic acids is 2. The van der Waals surface area contributed by atoms with Crippen LogP contribution in [0.25, 0.3) is 0 Å². The summed E-state index contributed by atoms with van der Waals surface area (Å²) in [6, 6.07) is 0. The Balaban J connectivity index is 1.95. The van der Waals surface area contributed by atoms with Gasteiger partial charge in [-0.15, -0.1) is 0 Å². The lowest BCUT2D eigenvalue weighted by atomic mass is 10.1. The summed E-state index contributed by atoms with van der Waals surface area (Å²) in [5, 5.41) is 2.88. The molecule has 0 aliphatic rings. The van der Waals surface area contributed by atoms with Crippen molar-refractivity contribution in [3.63, 3.8) is 0 Å². The van der Waals surface area contributed by atoms with E-state index in [1.807, 2.05) is 10.8 Å². The van der Waals surface area contributed by atoms with E-state index in [9.17, 15) is 9.59 Å². The molecule has 0 aliphatic carbocycles. The molecule has 0 aromatic carbocycles. The van der Waals surface area contributed by atoms with E-state index in [4.69, 9.17) is 4.74 Å². The van der Waals surface area contributed by atoms with Gasteiger partial charge in [0.25, 0.3) is 5.91 Å². The minimum atomic E-state index is -0.438. The van der Waals surface area contributed by atoms with E-state index in [2.05, 4.69) is 15.3 Å². The van der Waals surface area contributed by atoms with Crippen molar-refractivity contribution in [2.75, 3.05) is 13.2 Å². The molecule has 2 N–H and O–H groups in total. The lowest BCUT2D eigenvalue weighted by Gasteiger charge is -2.07. The minimum Gasteiger partial charge on any atom is -0.461 e. The number of rotatable bonds is 7. The zero-order chi connectivity index (χ0) is 16.8. The molecule has 2 aromatic heterocycles. The molecule has 0 radical (unpaired) electrons. The molecule has 7 heteroatoms. The molecule has 0 bridgehead atoms. The van der Waals surface area contributed by atoms with Crippen LogP contribution >= 0.6 is 0 Å². The van der Waals surface area contributed by atoms with Gasteiger partial charge in [-0.05, 0) is 32.8 Å². The maximum absolute atomic E-state index is 12.3. The number of hydrogen-bond donors (Lipinski definition) is 2. The van der Waals surface area contributed by atoms with Gasteiger partial charge in [0.2, 0.25) is 0 Å². The predicted octanol–water partition coefficient (Wildman–Crippen LogP) is 1.82. The smallest absolute Gasteiger partial charge is 0.355 e. The fraction of sp³-hybridized carbons (Fsp3) is 0.438. The Morgan fingerprint density at radius 3 is 2.83 bits per heavy atom. The highest BCUT2D eigenvalue weighted by molar-refractivity contribution is 6.01. The number of carbonyl (C=O) groups is 2. The van der Waals surface area contributed by atoms with E-state index in [1.165, 1.54) is 0 Å². The van der Waals surface area contributed by atoms with Crippen LogP contribution in [0.2, 0.25) is 0 Å². The normalized spacial score (nSPS) is 10.6. The summed E-state index contributed by atoms with van der Waals surface area (Å²) in [5.74, 6) is -0.621. The molecule has 124 valence electrons. The van der Waals surface area contributed by atoms with Gasteiger partial charge in [0, 0.05) is 31.2 Å².